The van der Waals surface area contributed by atoms with Crippen molar-refractivity contribution in [3.63, 3.8) is 0 Å². The second-order valence-electron chi connectivity index (χ2n) is 6.05. The van der Waals surface area contributed by atoms with Crippen molar-refractivity contribution in [2.24, 2.45) is 7.05 Å². The minimum atomic E-state index is -0.330. The summed E-state index contributed by atoms with van der Waals surface area (Å²) in [7, 11) is 1.70. The van der Waals surface area contributed by atoms with Crippen LogP contribution in [0.2, 0.25) is 0 Å². The number of aromatic amines is 1. The maximum atomic E-state index is 12.4. The molecule has 0 aliphatic rings. The van der Waals surface area contributed by atoms with Crippen molar-refractivity contribution in [2.75, 3.05) is 5.32 Å². The normalized spacial score (nSPS) is 11.0. The van der Waals surface area contributed by atoms with Crippen molar-refractivity contribution in [2.45, 2.75) is 13.5 Å². The van der Waals surface area contributed by atoms with Crippen LogP contribution in [0.4, 0.5) is 5.69 Å². The molecule has 2 N–H and O–H groups in total. The van der Waals surface area contributed by atoms with Crippen LogP contribution in [0.5, 0.6) is 0 Å². The van der Waals surface area contributed by atoms with Crippen molar-refractivity contribution >= 4 is 22.6 Å². The fourth-order valence-electron chi connectivity index (χ4n) is 2.71. The quantitative estimate of drug-likeness (QED) is 0.554. The summed E-state index contributed by atoms with van der Waals surface area (Å²) in [4.78, 5) is 33.1. The number of aromatic nitrogens is 7. The lowest BCUT2D eigenvalue weighted by molar-refractivity contribution is -0.116. The molecule has 0 radical (unpaired) electrons. The van der Waals surface area contributed by atoms with Crippen molar-refractivity contribution in [3.05, 3.63) is 53.0 Å². The number of hydrogen-bond acceptors (Lipinski definition) is 6. The Bertz CT molecular complexity index is 1190. The molecule has 3 aromatic heterocycles. The van der Waals surface area contributed by atoms with Crippen molar-refractivity contribution in [3.8, 4) is 11.4 Å². The molecule has 3 heterocycles. The second kappa shape index (κ2) is 6.48. The fourth-order valence-corrected chi connectivity index (χ4v) is 2.71. The summed E-state index contributed by atoms with van der Waals surface area (Å²) in [6.45, 7) is 1.68. The predicted molar refractivity (Wildman–Crippen MR) is 98.0 cm³/mol. The first-order valence-electron chi connectivity index (χ1n) is 8.18. The Balaban J connectivity index is 1.48. The van der Waals surface area contributed by atoms with E-state index in [-0.39, 0.29) is 18.0 Å². The third-order valence-corrected chi connectivity index (χ3v) is 4.06. The van der Waals surface area contributed by atoms with Gasteiger partial charge in [0.25, 0.3) is 5.56 Å². The monoisotopic (exact) mass is 364 g/mol. The average Bonchev–Trinajstić information content (AvgIpc) is 3.25. The molecule has 0 saturated heterocycles. The van der Waals surface area contributed by atoms with E-state index in [0.717, 1.165) is 11.4 Å². The first-order valence-corrected chi connectivity index (χ1v) is 8.18. The highest BCUT2D eigenvalue weighted by molar-refractivity contribution is 5.91. The third kappa shape index (κ3) is 3.19. The number of rotatable bonds is 4. The van der Waals surface area contributed by atoms with Crippen LogP contribution < -0.4 is 10.9 Å². The van der Waals surface area contributed by atoms with E-state index >= 15 is 0 Å². The van der Waals surface area contributed by atoms with Gasteiger partial charge in [-0.1, -0.05) is 0 Å². The summed E-state index contributed by atoms with van der Waals surface area (Å²) >= 11 is 0. The van der Waals surface area contributed by atoms with Crippen LogP contribution in [0.25, 0.3) is 22.4 Å². The minimum Gasteiger partial charge on any atom is -0.325 e. The molecule has 10 heteroatoms. The molecule has 1 amide bonds. The van der Waals surface area contributed by atoms with Crippen LogP contribution in [0.3, 0.4) is 0 Å². The first kappa shape index (κ1) is 16.6. The van der Waals surface area contributed by atoms with Gasteiger partial charge < -0.3 is 5.32 Å². The van der Waals surface area contributed by atoms with Crippen LogP contribution in [0, 0.1) is 6.92 Å². The van der Waals surface area contributed by atoms with Crippen molar-refractivity contribution < 1.29 is 4.79 Å². The summed E-state index contributed by atoms with van der Waals surface area (Å²) in [6.07, 6.45) is 2.79. The van der Waals surface area contributed by atoms with Crippen LogP contribution in [0.15, 0.2) is 41.6 Å². The van der Waals surface area contributed by atoms with E-state index in [2.05, 4.69) is 30.6 Å². The Kier molecular flexibility index (Phi) is 3.99. The number of hydrogen-bond donors (Lipinski definition) is 2. The topological polar surface area (TPSA) is 123 Å². The molecule has 136 valence electrons. The van der Waals surface area contributed by atoms with E-state index in [4.69, 9.17) is 0 Å². The number of H-pyrrole nitrogens is 1. The Labute approximate surface area is 152 Å². The second-order valence-corrected chi connectivity index (χ2v) is 6.05. The zero-order valence-electron chi connectivity index (χ0n) is 14.7. The molecule has 0 bridgehead atoms. The Morgan fingerprint density at radius 3 is 2.74 bits per heavy atom. The number of aryl methyl sites for hydroxylation is 2. The first-order chi connectivity index (χ1) is 13.0. The Hall–Kier alpha value is -3.82. The van der Waals surface area contributed by atoms with E-state index in [1.165, 1.54) is 21.8 Å². The van der Waals surface area contributed by atoms with Gasteiger partial charge >= 0.3 is 0 Å². The molecule has 10 nitrogen and oxygen atoms in total. The minimum absolute atomic E-state index is 0.140. The average molecular weight is 364 g/mol. The van der Waals surface area contributed by atoms with Crippen LogP contribution in [0.1, 0.15) is 5.82 Å². The third-order valence-electron chi connectivity index (χ3n) is 4.06. The summed E-state index contributed by atoms with van der Waals surface area (Å²) < 4.78 is 2.77. The molecule has 0 fully saturated rings. The molecule has 4 rings (SSSR count). The largest absolute Gasteiger partial charge is 0.325 e. The van der Waals surface area contributed by atoms with Gasteiger partial charge in [0.15, 0.2) is 11.5 Å². The zero-order chi connectivity index (χ0) is 19.0. The van der Waals surface area contributed by atoms with E-state index in [1.54, 1.807) is 19.2 Å². The Morgan fingerprint density at radius 1 is 1.26 bits per heavy atom. The fraction of sp³-hybridized carbons (Fsp3) is 0.176. The number of nitrogens with zero attached hydrogens (tertiary/aromatic N) is 6. The van der Waals surface area contributed by atoms with Gasteiger partial charge in [0, 0.05) is 18.3 Å². The number of fused-ring (bicyclic) bond motifs is 1. The van der Waals surface area contributed by atoms with Gasteiger partial charge in [-0.15, -0.1) is 0 Å². The molecule has 1 aromatic carbocycles. The molecule has 4 aromatic rings. The maximum Gasteiger partial charge on any atom is 0.264 e. The summed E-state index contributed by atoms with van der Waals surface area (Å²) in [5.74, 6) is 0.989. The lowest BCUT2D eigenvalue weighted by Crippen LogP contribution is -2.27. The van der Waals surface area contributed by atoms with Crippen molar-refractivity contribution in [1.82, 2.24) is 34.5 Å². The molecule has 0 aliphatic heterocycles. The molecule has 27 heavy (non-hydrogen) atoms. The van der Waals surface area contributed by atoms with E-state index in [1.807, 2.05) is 19.1 Å². The van der Waals surface area contributed by atoms with Gasteiger partial charge in [-0.3, -0.25) is 23.9 Å². The van der Waals surface area contributed by atoms with Gasteiger partial charge in [-0.05, 0) is 31.2 Å². The number of carbonyl (C=O) groups is 1. The van der Waals surface area contributed by atoms with E-state index < -0.39 is 0 Å². The van der Waals surface area contributed by atoms with Gasteiger partial charge in [-0.2, -0.15) is 10.2 Å². The standard InChI is InChI=1S/C17H16N8O2/c1-10-20-15(23-22-10)11-3-5-12(6-4-11)21-14(26)8-25-9-18-16-13(17(25)27)7-19-24(16)2/h3-7,9H,8H2,1-2H3,(H,21,26)(H,20,22,23). The zero-order valence-corrected chi connectivity index (χ0v) is 14.7. The molecular weight excluding hydrogens is 348 g/mol. The van der Waals surface area contributed by atoms with Crippen LogP contribution in [-0.4, -0.2) is 40.4 Å². The molecule has 0 unspecified atom stereocenters. The smallest absolute Gasteiger partial charge is 0.264 e. The van der Waals surface area contributed by atoms with Gasteiger partial charge in [-0.25, -0.2) is 9.97 Å². The highest BCUT2D eigenvalue weighted by Gasteiger charge is 2.11. The lowest BCUT2D eigenvalue weighted by Gasteiger charge is -2.07. The van der Waals surface area contributed by atoms with Crippen molar-refractivity contribution in [1.29, 1.82) is 0 Å². The van der Waals surface area contributed by atoms with Crippen LogP contribution >= 0.6 is 0 Å². The summed E-state index contributed by atoms with van der Waals surface area (Å²) in [6, 6.07) is 7.13. The highest BCUT2D eigenvalue weighted by atomic mass is 16.2. The molecule has 0 atom stereocenters. The molecular formula is C17H16N8O2. The summed E-state index contributed by atoms with van der Waals surface area (Å²) in [5.41, 5.74) is 1.62. The van der Waals surface area contributed by atoms with E-state index in [9.17, 15) is 9.59 Å². The number of benzene rings is 1. The van der Waals surface area contributed by atoms with Gasteiger partial charge in [0.2, 0.25) is 5.91 Å². The predicted octanol–water partition coefficient (Wildman–Crippen LogP) is 0.862. The molecule has 0 spiro atoms. The number of nitrogens with one attached hydrogen (secondary N) is 2. The van der Waals surface area contributed by atoms with Gasteiger partial charge in [0.1, 0.15) is 24.1 Å². The Morgan fingerprint density at radius 2 is 2.04 bits per heavy atom. The summed E-state index contributed by atoms with van der Waals surface area (Å²) in [5, 5.41) is 14.0. The lowest BCUT2D eigenvalue weighted by atomic mass is 10.2. The SMILES string of the molecule is Cc1nc(-c2ccc(NC(=O)Cn3cnc4c(cnn4C)c3=O)cc2)n[nH]1. The van der Waals surface area contributed by atoms with E-state index in [0.29, 0.717) is 22.5 Å². The van der Waals surface area contributed by atoms with Crippen LogP contribution in [-0.2, 0) is 18.4 Å². The number of anilines is 1. The number of carbonyl (C=O) groups excluding carboxylic acids is 1. The molecule has 0 saturated carbocycles. The highest BCUT2D eigenvalue weighted by Crippen LogP contribution is 2.17. The molecule has 0 aliphatic carbocycles. The van der Waals surface area contributed by atoms with Gasteiger partial charge in [0.05, 0.1) is 6.20 Å². The number of amides is 1. The maximum absolute atomic E-state index is 12.4.